The van der Waals surface area contributed by atoms with Gasteiger partial charge in [0, 0.05) is 0 Å². The highest BCUT2D eigenvalue weighted by atomic mass is 16.3. The maximum absolute atomic E-state index is 11.8. The highest BCUT2D eigenvalue weighted by molar-refractivity contribution is 5.98. The molecule has 2 aromatic rings. The van der Waals surface area contributed by atoms with Crippen molar-refractivity contribution in [3.8, 4) is 0 Å². The zero-order valence-corrected chi connectivity index (χ0v) is 12.1. The Hall–Kier alpha value is -3.03. The summed E-state index contributed by atoms with van der Waals surface area (Å²) >= 11 is 0. The van der Waals surface area contributed by atoms with Gasteiger partial charge in [0.15, 0.2) is 0 Å². The molecule has 0 spiro atoms. The maximum atomic E-state index is 11.8. The molecule has 0 bridgehead atoms. The van der Waals surface area contributed by atoms with Crippen molar-refractivity contribution in [3.63, 3.8) is 0 Å². The Morgan fingerprint density at radius 2 is 1.91 bits per heavy atom. The molecular formula is C14H15N3O5. The van der Waals surface area contributed by atoms with Crippen LogP contribution in [0, 0.1) is 13.8 Å². The Balaban J connectivity index is 1.77. The third-order valence-corrected chi connectivity index (χ3v) is 2.79. The third-order valence-electron chi connectivity index (χ3n) is 2.79. The minimum Gasteiger partial charge on any atom is -0.472 e. The summed E-state index contributed by atoms with van der Waals surface area (Å²) in [5.74, 6) is -0.456. The molecular weight excluding hydrogens is 290 g/mol. The minimum atomic E-state index is -0.567. The molecule has 116 valence electrons. The van der Waals surface area contributed by atoms with E-state index < -0.39 is 17.7 Å². The van der Waals surface area contributed by atoms with Crippen LogP contribution in [0.25, 0.3) is 0 Å². The van der Waals surface area contributed by atoms with E-state index in [1.165, 1.54) is 18.6 Å². The van der Waals surface area contributed by atoms with Gasteiger partial charge in [0.1, 0.15) is 17.8 Å². The normalized spacial score (nSPS) is 10.1. The van der Waals surface area contributed by atoms with E-state index in [0.29, 0.717) is 22.6 Å². The lowest BCUT2D eigenvalue weighted by atomic mass is 10.2. The van der Waals surface area contributed by atoms with Gasteiger partial charge in [-0.05, 0) is 26.0 Å². The molecule has 0 saturated heterocycles. The second kappa shape index (κ2) is 6.61. The molecule has 8 nitrogen and oxygen atoms in total. The number of amides is 3. The first-order chi connectivity index (χ1) is 10.5. The fourth-order valence-electron chi connectivity index (χ4n) is 1.75. The predicted molar refractivity (Wildman–Crippen MR) is 74.8 cm³/mol. The minimum absolute atomic E-state index is 0.284. The molecule has 22 heavy (non-hydrogen) atoms. The van der Waals surface area contributed by atoms with Gasteiger partial charge in [-0.3, -0.25) is 25.2 Å². The summed E-state index contributed by atoms with van der Waals surface area (Å²) in [5, 5.41) is 2.38. The van der Waals surface area contributed by atoms with Crippen LogP contribution in [0.3, 0.4) is 0 Å². The Bertz CT molecular complexity index is 687. The number of rotatable bonds is 4. The van der Waals surface area contributed by atoms with Crippen LogP contribution in [0.1, 0.15) is 32.2 Å². The fraction of sp³-hybridized carbons (Fsp3) is 0.214. The van der Waals surface area contributed by atoms with E-state index in [0.717, 1.165) is 0 Å². The topological polar surface area (TPSA) is 114 Å². The maximum Gasteiger partial charge on any atom is 0.273 e. The SMILES string of the molecule is Cc1cc(C(=O)NNC(=O)CNC(=O)c2ccoc2)c(C)o1. The van der Waals surface area contributed by atoms with Crippen molar-refractivity contribution in [2.75, 3.05) is 6.54 Å². The quantitative estimate of drug-likeness (QED) is 0.719. The average Bonchev–Trinajstić information content (AvgIpc) is 3.11. The van der Waals surface area contributed by atoms with Gasteiger partial charge in [-0.2, -0.15) is 0 Å². The van der Waals surface area contributed by atoms with Crippen LogP contribution in [0.2, 0.25) is 0 Å². The molecule has 3 amide bonds. The van der Waals surface area contributed by atoms with E-state index in [9.17, 15) is 14.4 Å². The first-order valence-corrected chi connectivity index (χ1v) is 6.44. The van der Waals surface area contributed by atoms with Gasteiger partial charge >= 0.3 is 0 Å². The number of hydrogen-bond donors (Lipinski definition) is 3. The van der Waals surface area contributed by atoms with Gasteiger partial charge < -0.3 is 14.2 Å². The molecule has 0 aromatic carbocycles. The van der Waals surface area contributed by atoms with E-state index >= 15 is 0 Å². The molecule has 0 atom stereocenters. The van der Waals surface area contributed by atoms with Crippen LogP contribution in [0.5, 0.6) is 0 Å². The molecule has 0 aliphatic rings. The van der Waals surface area contributed by atoms with E-state index in [2.05, 4.69) is 16.2 Å². The van der Waals surface area contributed by atoms with Gasteiger partial charge in [0.2, 0.25) is 0 Å². The summed E-state index contributed by atoms with van der Waals surface area (Å²) in [5.41, 5.74) is 5.08. The summed E-state index contributed by atoms with van der Waals surface area (Å²) in [7, 11) is 0. The molecule has 3 N–H and O–H groups in total. The number of hydrazine groups is 1. The van der Waals surface area contributed by atoms with Crippen LogP contribution in [0.15, 0.2) is 33.5 Å². The summed E-state index contributed by atoms with van der Waals surface area (Å²) in [6.07, 6.45) is 2.61. The average molecular weight is 305 g/mol. The molecule has 0 saturated carbocycles. The van der Waals surface area contributed by atoms with Crippen molar-refractivity contribution in [2.45, 2.75) is 13.8 Å². The highest BCUT2D eigenvalue weighted by Crippen LogP contribution is 2.12. The Morgan fingerprint density at radius 1 is 1.14 bits per heavy atom. The molecule has 0 aliphatic heterocycles. The van der Waals surface area contributed by atoms with Crippen molar-refractivity contribution < 1.29 is 23.2 Å². The smallest absolute Gasteiger partial charge is 0.273 e. The van der Waals surface area contributed by atoms with Crippen molar-refractivity contribution in [1.82, 2.24) is 16.2 Å². The number of aryl methyl sites for hydroxylation is 2. The van der Waals surface area contributed by atoms with Crippen LogP contribution in [-0.4, -0.2) is 24.3 Å². The van der Waals surface area contributed by atoms with Crippen molar-refractivity contribution in [3.05, 3.63) is 47.3 Å². The summed E-state index contributed by atoms with van der Waals surface area (Å²) in [6.45, 7) is 3.08. The van der Waals surface area contributed by atoms with E-state index in [1.54, 1.807) is 19.9 Å². The van der Waals surface area contributed by atoms with Crippen LogP contribution >= 0.6 is 0 Å². The molecule has 0 fully saturated rings. The first kappa shape index (κ1) is 15.4. The van der Waals surface area contributed by atoms with Crippen LogP contribution in [-0.2, 0) is 4.79 Å². The number of carbonyl (C=O) groups is 3. The highest BCUT2D eigenvalue weighted by Gasteiger charge is 2.14. The number of hydrogen-bond acceptors (Lipinski definition) is 5. The number of nitrogens with one attached hydrogen (secondary N) is 3. The van der Waals surface area contributed by atoms with E-state index in [-0.39, 0.29) is 6.54 Å². The van der Waals surface area contributed by atoms with E-state index in [1.807, 2.05) is 0 Å². The third kappa shape index (κ3) is 3.75. The molecule has 2 heterocycles. The molecule has 2 aromatic heterocycles. The molecule has 2 rings (SSSR count). The van der Waals surface area contributed by atoms with Crippen LogP contribution < -0.4 is 16.2 Å². The van der Waals surface area contributed by atoms with Gasteiger partial charge in [0.25, 0.3) is 17.7 Å². The number of furan rings is 2. The molecule has 0 aliphatic carbocycles. The number of carbonyl (C=O) groups excluding carboxylic acids is 3. The molecule has 8 heteroatoms. The lowest BCUT2D eigenvalue weighted by Gasteiger charge is -2.07. The van der Waals surface area contributed by atoms with Gasteiger partial charge in [-0.25, -0.2) is 0 Å². The zero-order valence-electron chi connectivity index (χ0n) is 12.1. The summed E-state index contributed by atoms with van der Waals surface area (Å²) in [6, 6.07) is 3.04. The van der Waals surface area contributed by atoms with Gasteiger partial charge in [0.05, 0.1) is 23.9 Å². The second-order valence-corrected chi connectivity index (χ2v) is 4.52. The Labute approximate surface area is 125 Å². The fourth-order valence-corrected chi connectivity index (χ4v) is 1.75. The lowest BCUT2D eigenvalue weighted by Crippen LogP contribution is -2.46. The Kier molecular flexibility index (Phi) is 4.62. The van der Waals surface area contributed by atoms with Crippen molar-refractivity contribution in [1.29, 1.82) is 0 Å². The van der Waals surface area contributed by atoms with Gasteiger partial charge in [-0.15, -0.1) is 0 Å². The summed E-state index contributed by atoms with van der Waals surface area (Å²) in [4.78, 5) is 34.9. The Morgan fingerprint density at radius 3 is 2.50 bits per heavy atom. The first-order valence-electron chi connectivity index (χ1n) is 6.44. The van der Waals surface area contributed by atoms with E-state index in [4.69, 9.17) is 8.83 Å². The van der Waals surface area contributed by atoms with Gasteiger partial charge in [-0.1, -0.05) is 0 Å². The van der Waals surface area contributed by atoms with Crippen LogP contribution in [0.4, 0.5) is 0 Å². The second-order valence-electron chi connectivity index (χ2n) is 4.52. The molecule has 0 radical (unpaired) electrons. The van der Waals surface area contributed by atoms with Crippen molar-refractivity contribution >= 4 is 17.7 Å². The van der Waals surface area contributed by atoms with Crippen molar-refractivity contribution in [2.24, 2.45) is 0 Å². The predicted octanol–water partition coefficient (Wildman–Crippen LogP) is 0.680. The summed E-state index contributed by atoms with van der Waals surface area (Å²) < 4.78 is 9.98. The largest absolute Gasteiger partial charge is 0.472 e. The standard InChI is InChI=1S/C14H15N3O5/c1-8-5-11(9(2)22-8)14(20)17-16-12(18)6-15-13(19)10-3-4-21-7-10/h3-5,7H,6H2,1-2H3,(H,15,19)(H,16,18)(H,17,20). The monoisotopic (exact) mass is 305 g/mol. The molecule has 0 unspecified atom stereocenters. The zero-order chi connectivity index (χ0) is 16.1. The lowest BCUT2D eigenvalue weighted by molar-refractivity contribution is -0.120.